The van der Waals surface area contributed by atoms with E-state index < -0.39 is 22.6 Å². The molecule has 0 heterocycles. The molecule has 0 bridgehead atoms. The Morgan fingerprint density at radius 3 is 2.60 bits per heavy atom. The zero-order valence-electron chi connectivity index (χ0n) is 5.55. The van der Waals surface area contributed by atoms with E-state index in [0.717, 1.165) is 0 Å². The lowest BCUT2D eigenvalue weighted by Gasteiger charge is -2.13. The number of halogens is 2. The maximum Gasteiger partial charge on any atom is 0.117 e. The second-order valence-corrected chi connectivity index (χ2v) is 3.41. The summed E-state index contributed by atoms with van der Waals surface area (Å²) in [7, 11) is 0. The fourth-order valence-electron chi connectivity index (χ4n) is 0.490. The molecule has 0 radical (unpaired) electrons. The van der Waals surface area contributed by atoms with Gasteiger partial charge < -0.3 is 4.55 Å². The molecule has 0 aromatic rings. The van der Waals surface area contributed by atoms with Gasteiger partial charge in [0.1, 0.15) is 6.17 Å². The van der Waals surface area contributed by atoms with Gasteiger partial charge in [0.15, 0.2) is 0 Å². The molecule has 0 aliphatic rings. The van der Waals surface area contributed by atoms with Gasteiger partial charge in [0, 0.05) is 5.75 Å². The molecule has 0 aliphatic carbocycles. The first kappa shape index (κ1) is 10.3. The third kappa shape index (κ3) is 4.19. The lowest BCUT2D eigenvalue weighted by molar-refractivity contribution is 0.320. The van der Waals surface area contributed by atoms with Gasteiger partial charge in [-0.3, -0.25) is 4.21 Å². The smallest absolute Gasteiger partial charge is 0.117 e. The lowest BCUT2D eigenvalue weighted by Crippen LogP contribution is -2.21. The highest BCUT2D eigenvalue weighted by atomic mass is 35.5. The molecule has 0 aromatic carbocycles. The van der Waals surface area contributed by atoms with E-state index in [-0.39, 0.29) is 12.2 Å². The summed E-state index contributed by atoms with van der Waals surface area (Å²) >= 11 is 3.12. The fraction of sp³-hybridized carbons (Fsp3) is 1.00. The molecule has 0 N–H and O–H groups in total. The maximum atomic E-state index is 12.5. The number of hydrogen-bond donors (Lipinski definition) is 0. The minimum Gasteiger partial charge on any atom is -0.772 e. The van der Waals surface area contributed by atoms with Crippen molar-refractivity contribution in [3.8, 4) is 0 Å². The van der Waals surface area contributed by atoms with Crippen LogP contribution in [0.2, 0.25) is 0 Å². The van der Waals surface area contributed by atoms with Crippen molar-refractivity contribution < 1.29 is 13.2 Å². The largest absolute Gasteiger partial charge is 0.772 e. The Bertz CT molecular complexity index is 122. The molecule has 62 valence electrons. The Labute approximate surface area is 67.0 Å². The first-order chi connectivity index (χ1) is 4.57. The zero-order valence-corrected chi connectivity index (χ0v) is 7.12. The van der Waals surface area contributed by atoms with Crippen LogP contribution in [-0.4, -0.2) is 26.1 Å². The van der Waals surface area contributed by atoms with Crippen molar-refractivity contribution in [1.29, 1.82) is 0 Å². The van der Waals surface area contributed by atoms with E-state index in [9.17, 15) is 13.2 Å². The van der Waals surface area contributed by atoms with Gasteiger partial charge in [-0.25, -0.2) is 4.39 Å². The first-order valence-corrected chi connectivity index (χ1v) is 4.60. The summed E-state index contributed by atoms with van der Waals surface area (Å²) in [5.74, 6) is -0.309. The van der Waals surface area contributed by atoms with Gasteiger partial charge in [0.05, 0.1) is 5.38 Å². The van der Waals surface area contributed by atoms with Crippen LogP contribution >= 0.6 is 11.6 Å². The van der Waals surface area contributed by atoms with Crippen molar-refractivity contribution in [3.63, 3.8) is 0 Å². The summed E-state index contributed by atoms with van der Waals surface area (Å²) in [4.78, 5) is 0. The molecule has 10 heavy (non-hydrogen) atoms. The summed E-state index contributed by atoms with van der Waals surface area (Å²) in [6, 6.07) is 0. The topological polar surface area (TPSA) is 40.1 Å². The summed E-state index contributed by atoms with van der Waals surface area (Å²) in [5, 5.41) is -0.900. The summed E-state index contributed by atoms with van der Waals surface area (Å²) in [5.41, 5.74) is 0. The van der Waals surface area contributed by atoms with Crippen molar-refractivity contribution in [1.82, 2.24) is 0 Å². The molecule has 0 spiro atoms. The molecule has 0 aliphatic heterocycles. The molecular formula is C5H9ClFO2S-. The van der Waals surface area contributed by atoms with E-state index in [1.807, 2.05) is 0 Å². The molecule has 0 fully saturated rings. The number of rotatable bonds is 4. The molecule has 0 amide bonds. The molecule has 0 saturated carbocycles. The number of hydrogen-bond acceptors (Lipinski definition) is 2. The molecule has 0 rings (SSSR count). The Morgan fingerprint density at radius 1 is 1.80 bits per heavy atom. The molecule has 0 saturated heterocycles. The van der Waals surface area contributed by atoms with E-state index in [1.54, 1.807) is 6.92 Å². The van der Waals surface area contributed by atoms with E-state index in [4.69, 9.17) is 11.6 Å². The van der Waals surface area contributed by atoms with E-state index in [0.29, 0.717) is 0 Å². The third-order valence-electron chi connectivity index (χ3n) is 1.08. The second kappa shape index (κ2) is 5.04. The summed E-state index contributed by atoms with van der Waals surface area (Å²) in [6.45, 7) is 1.62. The summed E-state index contributed by atoms with van der Waals surface area (Å²) in [6.07, 6.45) is -0.967. The molecule has 0 aromatic heterocycles. The average molecular weight is 188 g/mol. The molecule has 2 nitrogen and oxygen atoms in total. The highest BCUT2D eigenvalue weighted by Crippen LogP contribution is 2.10. The normalized spacial score (nSPS) is 20.0. The molecule has 3 unspecified atom stereocenters. The van der Waals surface area contributed by atoms with Crippen LogP contribution < -0.4 is 0 Å². The monoisotopic (exact) mass is 187 g/mol. The first-order valence-electron chi connectivity index (χ1n) is 2.92. The van der Waals surface area contributed by atoms with Crippen molar-refractivity contribution in [2.24, 2.45) is 0 Å². The predicted octanol–water partition coefficient (Wildman–Crippen LogP) is 1.22. The Balaban J connectivity index is 3.61. The average Bonchev–Trinajstić information content (AvgIpc) is 1.85. The second-order valence-electron chi connectivity index (χ2n) is 1.91. The van der Waals surface area contributed by atoms with Crippen LogP contribution in [-0.2, 0) is 11.1 Å². The highest BCUT2D eigenvalue weighted by Gasteiger charge is 2.15. The van der Waals surface area contributed by atoms with Gasteiger partial charge >= 0.3 is 0 Å². The summed E-state index contributed by atoms with van der Waals surface area (Å²) < 4.78 is 32.4. The van der Waals surface area contributed by atoms with Crippen LogP contribution in [0.15, 0.2) is 0 Å². The molecular weight excluding hydrogens is 179 g/mol. The van der Waals surface area contributed by atoms with Gasteiger partial charge in [-0.15, -0.1) is 11.6 Å². The number of alkyl halides is 2. The van der Waals surface area contributed by atoms with Gasteiger partial charge in [-0.2, -0.15) is 0 Å². The van der Waals surface area contributed by atoms with Crippen molar-refractivity contribution in [3.05, 3.63) is 0 Å². The zero-order chi connectivity index (χ0) is 8.15. The Hall–Kier alpha value is 0.330. The van der Waals surface area contributed by atoms with Crippen LogP contribution in [0.25, 0.3) is 0 Å². The SMILES string of the molecule is CCC(F)C(Cl)CS(=O)[O-]. The van der Waals surface area contributed by atoms with Crippen molar-refractivity contribution >= 4 is 22.7 Å². The fourth-order valence-corrected chi connectivity index (χ4v) is 1.45. The van der Waals surface area contributed by atoms with E-state index in [2.05, 4.69) is 0 Å². The van der Waals surface area contributed by atoms with Crippen LogP contribution in [0.4, 0.5) is 4.39 Å². The van der Waals surface area contributed by atoms with Gasteiger partial charge in [-0.05, 0) is 6.42 Å². The quantitative estimate of drug-likeness (QED) is 0.491. The van der Waals surface area contributed by atoms with E-state index >= 15 is 0 Å². The van der Waals surface area contributed by atoms with Crippen LogP contribution in [0.5, 0.6) is 0 Å². The minimum absolute atomic E-state index is 0.255. The maximum absolute atomic E-state index is 12.5. The molecule has 3 atom stereocenters. The highest BCUT2D eigenvalue weighted by molar-refractivity contribution is 7.79. The van der Waals surface area contributed by atoms with Crippen LogP contribution in [0, 0.1) is 0 Å². The lowest BCUT2D eigenvalue weighted by atomic mass is 10.2. The Morgan fingerprint density at radius 2 is 2.30 bits per heavy atom. The van der Waals surface area contributed by atoms with Crippen LogP contribution in [0.3, 0.4) is 0 Å². The van der Waals surface area contributed by atoms with Gasteiger partial charge in [0.2, 0.25) is 0 Å². The van der Waals surface area contributed by atoms with Crippen molar-refractivity contribution in [2.75, 3.05) is 5.75 Å². The van der Waals surface area contributed by atoms with Crippen molar-refractivity contribution in [2.45, 2.75) is 24.9 Å². The minimum atomic E-state index is -2.24. The Kier molecular flexibility index (Phi) is 5.21. The van der Waals surface area contributed by atoms with Crippen LogP contribution in [0.1, 0.15) is 13.3 Å². The standard InChI is InChI=1S/C5H10ClFO2S/c1-2-5(7)4(6)3-10(8)9/h4-5H,2-3H2,1H3,(H,8,9)/p-1. The van der Waals surface area contributed by atoms with E-state index in [1.165, 1.54) is 0 Å². The molecule has 5 heteroatoms. The predicted molar refractivity (Wildman–Crippen MR) is 38.6 cm³/mol. The van der Waals surface area contributed by atoms with Gasteiger partial charge in [0.25, 0.3) is 0 Å². The van der Waals surface area contributed by atoms with Gasteiger partial charge in [-0.1, -0.05) is 18.0 Å². The third-order valence-corrected chi connectivity index (χ3v) is 2.32.